The van der Waals surface area contributed by atoms with Crippen molar-refractivity contribution in [2.24, 2.45) is 0 Å². The normalized spacial score (nSPS) is 21.1. The van der Waals surface area contributed by atoms with Crippen molar-refractivity contribution in [3.8, 4) is 11.5 Å². The number of hydrogen-bond acceptors (Lipinski definition) is 5. The Kier molecular flexibility index (Phi) is 8.15. The van der Waals surface area contributed by atoms with Crippen LogP contribution in [0.15, 0.2) is 18.2 Å². The molecule has 0 aliphatic carbocycles. The average molecular weight is 408 g/mol. The number of carbonyl (C=O) groups excluding carboxylic acids is 1. The van der Waals surface area contributed by atoms with Crippen LogP contribution in [0.1, 0.15) is 31.2 Å². The molecule has 0 saturated carbocycles. The summed E-state index contributed by atoms with van der Waals surface area (Å²) in [7, 11) is 3.25. The number of nitrogens with one attached hydrogen (secondary N) is 1. The molecule has 1 aromatic carbocycles. The lowest BCUT2D eigenvalue weighted by Crippen LogP contribution is -2.52. The van der Waals surface area contributed by atoms with E-state index in [0.29, 0.717) is 18.0 Å². The fourth-order valence-corrected chi connectivity index (χ4v) is 5.01. The number of rotatable bonds is 6. The lowest BCUT2D eigenvalue weighted by molar-refractivity contribution is 0.143. The number of amides is 2. The molecule has 0 bridgehead atoms. The zero-order chi connectivity index (χ0) is 19.8. The van der Waals surface area contributed by atoms with Gasteiger partial charge in [0, 0.05) is 25.4 Å². The summed E-state index contributed by atoms with van der Waals surface area (Å²) in [5, 5.41) is 3.12. The Hall–Kier alpha value is -1.60. The van der Waals surface area contributed by atoms with Crippen LogP contribution in [0, 0.1) is 0 Å². The van der Waals surface area contributed by atoms with Crippen LogP contribution >= 0.6 is 11.8 Å². The molecule has 156 valence electrons. The van der Waals surface area contributed by atoms with E-state index in [1.807, 2.05) is 30.0 Å². The zero-order valence-corrected chi connectivity index (χ0v) is 17.9. The number of methoxy groups -OCH3 is 2. The summed E-state index contributed by atoms with van der Waals surface area (Å²) in [4.78, 5) is 17.6. The summed E-state index contributed by atoms with van der Waals surface area (Å²) in [6, 6.07) is 6.09. The Morgan fingerprint density at radius 3 is 2.64 bits per heavy atom. The third-order valence-corrected chi connectivity index (χ3v) is 6.71. The van der Waals surface area contributed by atoms with Crippen LogP contribution < -0.4 is 14.8 Å². The van der Waals surface area contributed by atoms with Crippen LogP contribution in [-0.2, 0) is 6.54 Å². The molecule has 1 atom stereocenters. The molecule has 3 rings (SSSR count). The first-order chi connectivity index (χ1) is 13.7. The Balaban J connectivity index is 1.60. The molecule has 2 heterocycles. The number of likely N-dealkylation sites (tertiary alicyclic amines) is 1. The highest BCUT2D eigenvalue weighted by Gasteiger charge is 2.27. The van der Waals surface area contributed by atoms with Gasteiger partial charge in [-0.3, -0.25) is 0 Å². The van der Waals surface area contributed by atoms with Gasteiger partial charge in [-0.25, -0.2) is 4.79 Å². The van der Waals surface area contributed by atoms with Gasteiger partial charge >= 0.3 is 6.03 Å². The van der Waals surface area contributed by atoms with E-state index in [0.717, 1.165) is 36.6 Å². The third-order valence-electron chi connectivity index (χ3n) is 5.51. The molecule has 2 amide bonds. The molecule has 1 N–H and O–H groups in total. The molecule has 28 heavy (non-hydrogen) atoms. The minimum absolute atomic E-state index is 0.0410. The van der Waals surface area contributed by atoms with Crippen molar-refractivity contribution >= 4 is 17.8 Å². The number of ether oxygens (including phenoxy) is 2. The molecule has 2 saturated heterocycles. The van der Waals surface area contributed by atoms with E-state index in [1.165, 1.54) is 32.4 Å². The second-order valence-corrected chi connectivity index (χ2v) is 8.63. The summed E-state index contributed by atoms with van der Waals surface area (Å²) in [5.74, 6) is 3.54. The highest BCUT2D eigenvalue weighted by Crippen LogP contribution is 2.27. The van der Waals surface area contributed by atoms with Crippen LogP contribution in [0.4, 0.5) is 4.79 Å². The summed E-state index contributed by atoms with van der Waals surface area (Å²) >= 11 is 1.98. The lowest BCUT2D eigenvalue weighted by atomic mass is 10.1. The quantitative estimate of drug-likeness (QED) is 0.785. The summed E-state index contributed by atoms with van der Waals surface area (Å²) in [6.07, 6.45) is 4.97. The molecule has 1 aromatic rings. The Labute approximate surface area is 172 Å². The SMILES string of the molecule is COc1ccc(CNC(=O)N2CCCSCC2CN2CCCCC2)cc1OC. The van der Waals surface area contributed by atoms with Crippen LogP contribution in [0.25, 0.3) is 0 Å². The summed E-state index contributed by atoms with van der Waals surface area (Å²) in [5.41, 5.74) is 1.00. The predicted octanol–water partition coefficient (Wildman–Crippen LogP) is 3.21. The van der Waals surface area contributed by atoms with E-state index in [2.05, 4.69) is 15.1 Å². The van der Waals surface area contributed by atoms with Gasteiger partial charge < -0.3 is 24.6 Å². The van der Waals surface area contributed by atoms with Gasteiger partial charge in [-0.05, 0) is 55.8 Å². The van der Waals surface area contributed by atoms with Crippen molar-refractivity contribution in [3.05, 3.63) is 23.8 Å². The second kappa shape index (κ2) is 10.8. The van der Waals surface area contributed by atoms with Crippen molar-refractivity contribution in [2.75, 3.05) is 51.9 Å². The smallest absolute Gasteiger partial charge is 0.317 e. The number of carbonyl (C=O) groups is 1. The number of urea groups is 1. The Morgan fingerprint density at radius 1 is 1.11 bits per heavy atom. The van der Waals surface area contributed by atoms with Crippen LogP contribution in [-0.4, -0.2) is 73.8 Å². The van der Waals surface area contributed by atoms with E-state index in [4.69, 9.17) is 9.47 Å². The largest absolute Gasteiger partial charge is 0.493 e. The molecule has 2 aliphatic heterocycles. The molecule has 7 heteroatoms. The Bertz CT molecular complexity index is 637. The number of benzene rings is 1. The minimum atomic E-state index is 0.0410. The molecule has 2 aliphatic rings. The summed E-state index contributed by atoms with van der Waals surface area (Å²) in [6.45, 7) is 4.66. The van der Waals surface area contributed by atoms with Crippen LogP contribution in [0.3, 0.4) is 0 Å². The molecular formula is C21H33N3O3S. The first-order valence-electron chi connectivity index (χ1n) is 10.3. The van der Waals surface area contributed by atoms with Crippen LogP contribution in [0.5, 0.6) is 11.5 Å². The van der Waals surface area contributed by atoms with E-state index in [1.54, 1.807) is 14.2 Å². The van der Waals surface area contributed by atoms with E-state index in [-0.39, 0.29) is 12.1 Å². The van der Waals surface area contributed by atoms with Gasteiger partial charge in [0.2, 0.25) is 0 Å². The highest BCUT2D eigenvalue weighted by molar-refractivity contribution is 7.99. The maximum Gasteiger partial charge on any atom is 0.317 e. The highest BCUT2D eigenvalue weighted by atomic mass is 32.2. The van der Waals surface area contributed by atoms with E-state index >= 15 is 0 Å². The molecule has 0 aromatic heterocycles. The lowest BCUT2D eigenvalue weighted by Gasteiger charge is -2.35. The first-order valence-corrected chi connectivity index (χ1v) is 11.4. The van der Waals surface area contributed by atoms with Gasteiger partial charge in [0.25, 0.3) is 0 Å². The second-order valence-electron chi connectivity index (χ2n) is 7.48. The molecule has 1 unspecified atom stereocenters. The fraction of sp³-hybridized carbons (Fsp3) is 0.667. The van der Waals surface area contributed by atoms with Gasteiger partial charge in [0.1, 0.15) is 0 Å². The summed E-state index contributed by atoms with van der Waals surface area (Å²) < 4.78 is 10.6. The zero-order valence-electron chi connectivity index (χ0n) is 17.1. The third kappa shape index (κ3) is 5.70. The van der Waals surface area contributed by atoms with Gasteiger partial charge in [-0.1, -0.05) is 12.5 Å². The molecule has 6 nitrogen and oxygen atoms in total. The van der Waals surface area contributed by atoms with Crippen LogP contribution in [0.2, 0.25) is 0 Å². The maximum atomic E-state index is 13.0. The minimum Gasteiger partial charge on any atom is -0.493 e. The molecular weight excluding hydrogens is 374 g/mol. The maximum absolute atomic E-state index is 13.0. The van der Waals surface area contributed by atoms with Gasteiger partial charge in [-0.2, -0.15) is 11.8 Å². The molecule has 0 spiro atoms. The van der Waals surface area contributed by atoms with Crippen molar-refractivity contribution < 1.29 is 14.3 Å². The number of thioether (sulfide) groups is 1. The standard InChI is InChI=1S/C21H33N3O3S/c1-26-19-8-7-17(13-20(19)27-2)14-22-21(25)24-11-6-12-28-16-18(24)15-23-9-4-3-5-10-23/h7-8,13,18H,3-6,9-12,14-16H2,1-2H3,(H,22,25). The van der Waals surface area contributed by atoms with Crippen molar-refractivity contribution in [3.63, 3.8) is 0 Å². The topological polar surface area (TPSA) is 54.0 Å². The van der Waals surface area contributed by atoms with Crippen molar-refractivity contribution in [2.45, 2.75) is 38.3 Å². The molecule has 0 radical (unpaired) electrons. The van der Waals surface area contributed by atoms with E-state index < -0.39 is 0 Å². The van der Waals surface area contributed by atoms with Gasteiger partial charge in [-0.15, -0.1) is 0 Å². The van der Waals surface area contributed by atoms with Crippen molar-refractivity contribution in [1.29, 1.82) is 0 Å². The Morgan fingerprint density at radius 2 is 1.89 bits per heavy atom. The number of hydrogen-bond donors (Lipinski definition) is 1. The monoisotopic (exact) mass is 407 g/mol. The first kappa shape index (κ1) is 21.1. The number of nitrogens with zero attached hydrogens (tertiary/aromatic N) is 2. The average Bonchev–Trinajstić information content (AvgIpc) is 2.98. The van der Waals surface area contributed by atoms with Crippen molar-refractivity contribution in [1.82, 2.24) is 15.1 Å². The number of piperidine rings is 1. The molecule has 2 fully saturated rings. The van der Waals surface area contributed by atoms with E-state index in [9.17, 15) is 4.79 Å². The van der Waals surface area contributed by atoms with Gasteiger partial charge in [0.05, 0.1) is 20.3 Å². The van der Waals surface area contributed by atoms with Gasteiger partial charge in [0.15, 0.2) is 11.5 Å². The fourth-order valence-electron chi connectivity index (χ4n) is 3.96. The predicted molar refractivity (Wildman–Crippen MR) is 115 cm³/mol.